The molecular weight excluding hydrogens is 313 g/mol. The second-order valence-corrected chi connectivity index (χ2v) is 5.79. The van der Waals surface area contributed by atoms with Crippen LogP contribution in [0, 0.1) is 5.82 Å². The molecule has 1 aliphatic heterocycles. The lowest BCUT2D eigenvalue weighted by molar-refractivity contribution is -0.138. The van der Waals surface area contributed by atoms with Crippen molar-refractivity contribution in [3.63, 3.8) is 0 Å². The lowest BCUT2D eigenvalue weighted by Crippen LogP contribution is -2.48. The number of hydrogen-bond acceptors (Lipinski definition) is 5. The van der Waals surface area contributed by atoms with Gasteiger partial charge in [0.25, 0.3) is 0 Å². The van der Waals surface area contributed by atoms with Crippen molar-refractivity contribution in [2.75, 3.05) is 34.0 Å². The molecule has 0 radical (unpaired) electrons. The van der Waals surface area contributed by atoms with E-state index in [0.717, 1.165) is 32.5 Å². The van der Waals surface area contributed by atoms with E-state index in [1.54, 1.807) is 12.1 Å². The minimum Gasteiger partial charge on any atom is -0.494 e. The van der Waals surface area contributed by atoms with Crippen LogP contribution in [0.1, 0.15) is 24.8 Å². The number of methoxy groups -OCH3 is 1. The van der Waals surface area contributed by atoms with E-state index in [0.29, 0.717) is 12.2 Å². The average Bonchev–Trinajstić information content (AvgIpc) is 2.62. The van der Waals surface area contributed by atoms with E-state index < -0.39 is 11.8 Å². The van der Waals surface area contributed by atoms with E-state index in [1.807, 2.05) is 7.05 Å². The SMILES string of the molecule is CNC1(CCOC(=O)/C=C/c2ccc(F)c(OC)c2)CCOCC1. The summed E-state index contributed by atoms with van der Waals surface area (Å²) in [5, 5.41) is 3.33. The van der Waals surface area contributed by atoms with Gasteiger partial charge in [-0.15, -0.1) is 0 Å². The van der Waals surface area contributed by atoms with Gasteiger partial charge in [0.05, 0.1) is 13.7 Å². The van der Waals surface area contributed by atoms with Crippen LogP contribution in [-0.4, -0.2) is 45.5 Å². The fourth-order valence-corrected chi connectivity index (χ4v) is 2.73. The van der Waals surface area contributed by atoms with Crippen molar-refractivity contribution in [1.29, 1.82) is 0 Å². The molecule has 1 saturated heterocycles. The number of esters is 1. The summed E-state index contributed by atoms with van der Waals surface area (Å²) in [6.45, 7) is 1.79. The highest BCUT2D eigenvalue weighted by molar-refractivity contribution is 5.87. The van der Waals surface area contributed by atoms with Gasteiger partial charge in [-0.2, -0.15) is 0 Å². The van der Waals surface area contributed by atoms with E-state index in [2.05, 4.69) is 5.32 Å². The largest absolute Gasteiger partial charge is 0.494 e. The first kappa shape index (κ1) is 18.4. The van der Waals surface area contributed by atoms with Crippen molar-refractivity contribution >= 4 is 12.0 Å². The maximum atomic E-state index is 13.3. The van der Waals surface area contributed by atoms with Gasteiger partial charge >= 0.3 is 5.97 Å². The number of hydrogen-bond donors (Lipinski definition) is 1. The fraction of sp³-hybridized carbons (Fsp3) is 0.500. The summed E-state index contributed by atoms with van der Waals surface area (Å²) in [7, 11) is 3.32. The molecular formula is C18H24FNO4. The van der Waals surface area contributed by atoms with Crippen LogP contribution in [0.2, 0.25) is 0 Å². The summed E-state index contributed by atoms with van der Waals surface area (Å²) in [6, 6.07) is 4.39. The van der Waals surface area contributed by atoms with Crippen LogP contribution in [0.25, 0.3) is 6.08 Å². The van der Waals surface area contributed by atoms with Crippen LogP contribution in [-0.2, 0) is 14.3 Å². The van der Waals surface area contributed by atoms with Crippen molar-refractivity contribution in [1.82, 2.24) is 5.32 Å². The Morgan fingerprint density at radius 3 is 2.83 bits per heavy atom. The molecule has 0 bridgehead atoms. The number of rotatable bonds is 7. The fourth-order valence-electron chi connectivity index (χ4n) is 2.73. The standard InChI is InChI=1S/C18H24FNO4/c1-20-18(7-10-23-11-8-18)9-12-24-17(21)6-4-14-3-5-15(19)16(13-14)22-2/h3-6,13,20H,7-12H2,1-2H3/b6-4+. The van der Waals surface area contributed by atoms with Crippen molar-refractivity contribution in [2.24, 2.45) is 0 Å². The molecule has 1 heterocycles. The second-order valence-electron chi connectivity index (χ2n) is 5.79. The number of carbonyl (C=O) groups is 1. The molecule has 0 aliphatic carbocycles. The summed E-state index contributed by atoms with van der Waals surface area (Å²) < 4.78 is 28.9. The molecule has 0 atom stereocenters. The Balaban J connectivity index is 1.82. The van der Waals surface area contributed by atoms with Gasteiger partial charge in [-0.3, -0.25) is 0 Å². The van der Waals surface area contributed by atoms with Gasteiger partial charge in [-0.25, -0.2) is 9.18 Å². The molecule has 5 nitrogen and oxygen atoms in total. The minimum absolute atomic E-state index is 0.0213. The number of carbonyl (C=O) groups excluding carboxylic acids is 1. The van der Waals surface area contributed by atoms with Crippen molar-refractivity contribution in [3.8, 4) is 5.75 Å². The predicted octanol–water partition coefficient (Wildman–Crippen LogP) is 2.55. The summed E-state index contributed by atoms with van der Waals surface area (Å²) in [6.07, 6.45) is 5.48. The van der Waals surface area contributed by atoms with E-state index >= 15 is 0 Å². The summed E-state index contributed by atoms with van der Waals surface area (Å²) >= 11 is 0. The molecule has 1 N–H and O–H groups in total. The maximum Gasteiger partial charge on any atom is 0.330 e. The number of halogens is 1. The minimum atomic E-state index is -0.439. The average molecular weight is 337 g/mol. The Kier molecular flexibility index (Phi) is 6.75. The van der Waals surface area contributed by atoms with Gasteiger partial charge in [0.15, 0.2) is 11.6 Å². The quantitative estimate of drug-likeness (QED) is 0.612. The number of benzene rings is 1. The molecule has 0 saturated carbocycles. The first-order valence-electron chi connectivity index (χ1n) is 8.04. The highest BCUT2D eigenvalue weighted by Gasteiger charge is 2.30. The van der Waals surface area contributed by atoms with E-state index in [1.165, 1.54) is 25.3 Å². The molecule has 0 amide bonds. The Bertz CT molecular complexity index is 582. The van der Waals surface area contributed by atoms with Gasteiger partial charge in [-0.1, -0.05) is 6.07 Å². The molecule has 132 valence electrons. The normalized spacial score (nSPS) is 17.0. The van der Waals surface area contributed by atoms with Gasteiger partial charge in [0.2, 0.25) is 0 Å². The number of nitrogens with one attached hydrogen (secondary N) is 1. The maximum absolute atomic E-state index is 13.3. The first-order chi connectivity index (χ1) is 11.6. The smallest absolute Gasteiger partial charge is 0.330 e. The van der Waals surface area contributed by atoms with Crippen molar-refractivity contribution in [2.45, 2.75) is 24.8 Å². The number of ether oxygens (including phenoxy) is 3. The zero-order chi connectivity index (χ0) is 17.4. The third-order valence-corrected chi connectivity index (χ3v) is 4.39. The van der Waals surface area contributed by atoms with E-state index in [4.69, 9.17) is 14.2 Å². The molecule has 6 heteroatoms. The van der Waals surface area contributed by atoms with Crippen LogP contribution in [0.3, 0.4) is 0 Å². The lowest BCUT2D eigenvalue weighted by atomic mass is 9.87. The molecule has 0 aromatic heterocycles. The molecule has 1 fully saturated rings. The van der Waals surface area contributed by atoms with Crippen LogP contribution in [0.15, 0.2) is 24.3 Å². The Hall–Kier alpha value is -1.92. The van der Waals surface area contributed by atoms with Gasteiger partial charge in [0.1, 0.15) is 0 Å². The zero-order valence-corrected chi connectivity index (χ0v) is 14.1. The monoisotopic (exact) mass is 337 g/mol. The van der Waals surface area contributed by atoms with Gasteiger partial charge in [0, 0.05) is 24.8 Å². The predicted molar refractivity (Wildman–Crippen MR) is 89.4 cm³/mol. The lowest BCUT2D eigenvalue weighted by Gasteiger charge is -2.36. The zero-order valence-electron chi connectivity index (χ0n) is 14.1. The van der Waals surface area contributed by atoms with Gasteiger partial charge < -0.3 is 19.5 Å². The second kappa shape index (κ2) is 8.80. The third-order valence-electron chi connectivity index (χ3n) is 4.39. The van der Waals surface area contributed by atoms with Gasteiger partial charge in [-0.05, 0) is 50.1 Å². The molecule has 0 unspecified atom stereocenters. The van der Waals surface area contributed by atoms with Crippen LogP contribution in [0.5, 0.6) is 5.75 Å². The summed E-state index contributed by atoms with van der Waals surface area (Å²) in [5.74, 6) is -0.719. The van der Waals surface area contributed by atoms with E-state index in [9.17, 15) is 9.18 Å². The molecule has 2 rings (SSSR count). The Morgan fingerprint density at radius 2 is 2.17 bits per heavy atom. The van der Waals surface area contributed by atoms with Crippen molar-refractivity contribution in [3.05, 3.63) is 35.7 Å². The van der Waals surface area contributed by atoms with E-state index in [-0.39, 0.29) is 11.3 Å². The third kappa shape index (κ3) is 5.04. The van der Waals surface area contributed by atoms with Crippen molar-refractivity contribution < 1.29 is 23.4 Å². The summed E-state index contributed by atoms with van der Waals surface area (Å²) in [5.41, 5.74) is 0.647. The van der Waals surface area contributed by atoms with Crippen LogP contribution in [0.4, 0.5) is 4.39 Å². The Morgan fingerprint density at radius 1 is 1.42 bits per heavy atom. The highest BCUT2D eigenvalue weighted by atomic mass is 19.1. The summed E-state index contributed by atoms with van der Waals surface area (Å²) in [4.78, 5) is 11.8. The molecule has 1 aliphatic rings. The first-order valence-corrected chi connectivity index (χ1v) is 8.04. The van der Waals surface area contributed by atoms with Crippen LogP contribution < -0.4 is 10.1 Å². The topological polar surface area (TPSA) is 56.8 Å². The Labute approximate surface area is 141 Å². The van der Waals surface area contributed by atoms with Crippen LogP contribution >= 0.6 is 0 Å². The molecule has 24 heavy (non-hydrogen) atoms. The highest BCUT2D eigenvalue weighted by Crippen LogP contribution is 2.24. The molecule has 0 spiro atoms. The molecule has 1 aromatic rings. The molecule has 1 aromatic carbocycles.